The topological polar surface area (TPSA) is 44.5 Å². The molecule has 5 heteroatoms. The quantitative estimate of drug-likeness (QED) is 0.855. The predicted octanol–water partition coefficient (Wildman–Crippen LogP) is 3.33. The zero-order valence-corrected chi connectivity index (χ0v) is 10.9. The third-order valence-corrected chi connectivity index (χ3v) is 3.86. The van der Waals surface area contributed by atoms with Gasteiger partial charge in [0, 0.05) is 27.6 Å². The van der Waals surface area contributed by atoms with Crippen LogP contribution in [-0.4, -0.2) is 13.2 Å². The Kier molecular flexibility index (Phi) is 3.21. The van der Waals surface area contributed by atoms with Crippen LogP contribution in [-0.2, 0) is 0 Å². The van der Waals surface area contributed by atoms with Crippen LogP contribution >= 0.6 is 11.8 Å². The maximum absolute atomic E-state index is 13.6. The Bertz CT molecular complexity index is 618. The second kappa shape index (κ2) is 5.01. The predicted molar refractivity (Wildman–Crippen MR) is 72.4 cm³/mol. The van der Waals surface area contributed by atoms with E-state index in [1.54, 1.807) is 30.3 Å². The average Bonchev–Trinajstić information content (AvgIpc) is 2.42. The fourth-order valence-corrected chi connectivity index (χ4v) is 2.71. The zero-order chi connectivity index (χ0) is 13.2. The van der Waals surface area contributed by atoms with E-state index in [1.165, 1.54) is 17.8 Å². The van der Waals surface area contributed by atoms with E-state index in [0.717, 1.165) is 4.90 Å². The first-order valence-electron chi connectivity index (χ1n) is 5.85. The lowest BCUT2D eigenvalue weighted by molar-refractivity contribution is 0.171. The molecule has 2 aromatic carbocycles. The molecule has 3 rings (SSSR count). The van der Waals surface area contributed by atoms with Crippen LogP contribution in [0, 0.1) is 5.82 Å². The second-order valence-electron chi connectivity index (χ2n) is 4.07. The highest BCUT2D eigenvalue weighted by Gasteiger charge is 2.16. The third-order valence-electron chi connectivity index (χ3n) is 2.73. The zero-order valence-electron chi connectivity index (χ0n) is 10.1. The Morgan fingerprint density at radius 3 is 2.42 bits per heavy atom. The van der Waals surface area contributed by atoms with Crippen molar-refractivity contribution in [2.45, 2.75) is 9.79 Å². The van der Waals surface area contributed by atoms with Gasteiger partial charge in [-0.05, 0) is 12.1 Å². The van der Waals surface area contributed by atoms with Gasteiger partial charge in [-0.1, -0.05) is 23.9 Å². The molecule has 19 heavy (non-hydrogen) atoms. The van der Waals surface area contributed by atoms with Crippen LogP contribution in [0.3, 0.4) is 0 Å². The lowest BCUT2D eigenvalue weighted by atomic mass is 10.2. The Labute approximate surface area is 114 Å². The van der Waals surface area contributed by atoms with E-state index in [9.17, 15) is 4.39 Å². The maximum Gasteiger partial charge on any atom is 0.163 e. The van der Waals surface area contributed by atoms with Gasteiger partial charge in [0.25, 0.3) is 0 Å². The highest BCUT2D eigenvalue weighted by molar-refractivity contribution is 7.99. The van der Waals surface area contributed by atoms with Gasteiger partial charge in [0.2, 0.25) is 0 Å². The van der Waals surface area contributed by atoms with Gasteiger partial charge in [-0.3, -0.25) is 0 Å². The number of ether oxygens (including phenoxy) is 2. The molecule has 0 atom stereocenters. The number of anilines is 1. The van der Waals surface area contributed by atoms with Crippen LogP contribution in [0.25, 0.3) is 0 Å². The van der Waals surface area contributed by atoms with Gasteiger partial charge in [-0.25, -0.2) is 4.39 Å². The van der Waals surface area contributed by atoms with E-state index in [-0.39, 0.29) is 5.82 Å². The summed E-state index contributed by atoms with van der Waals surface area (Å²) in [5, 5.41) is 0. The molecule has 1 aliphatic rings. The van der Waals surface area contributed by atoms with Crippen LogP contribution in [0.2, 0.25) is 0 Å². The van der Waals surface area contributed by atoms with E-state index >= 15 is 0 Å². The smallest absolute Gasteiger partial charge is 0.163 e. The van der Waals surface area contributed by atoms with Gasteiger partial charge < -0.3 is 15.2 Å². The van der Waals surface area contributed by atoms with Crippen LogP contribution in [0.5, 0.6) is 11.5 Å². The lowest BCUT2D eigenvalue weighted by Gasteiger charge is -2.20. The second-order valence-corrected chi connectivity index (χ2v) is 5.15. The van der Waals surface area contributed by atoms with Gasteiger partial charge in [0.05, 0.1) is 0 Å². The summed E-state index contributed by atoms with van der Waals surface area (Å²) in [6.07, 6.45) is 0. The molecule has 1 aliphatic heterocycles. The summed E-state index contributed by atoms with van der Waals surface area (Å²) in [6, 6.07) is 10.1. The largest absolute Gasteiger partial charge is 0.486 e. The molecule has 0 bridgehead atoms. The molecule has 0 fully saturated rings. The van der Waals surface area contributed by atoms with Gasteiger partial charge in [-0.15, -0.1) is 0 Å². The van der Waals surface area contributed by atoms with Gasteiger partial charge in [0.1, 0.15) is 19.0 Å². The van der Waals surface area contributed by atoms with Crippen molar-refractivity contribution in [3.63, 3.8) is 0 Å². The van der Waals surface area contributed by atoms with Crippen molar-refractivity contribution < 1.29 is 13.9 Å². The molecule has 98 valence electrons. The fraction of sp³-hybridized carbons (Fsp3) is 0.143. The Morgan fingerprint density at radius 1 is 1.00 bits per heavy atom. The summed E-state index contributed by atoms with van der Waals surface area (Å²) in [4.78, 5) is 1.29. The highest BCUT2D eigenvalue weighted by Crippen LogP contribution is 2.41. The minimum atomic E-state index is -0.262. The number of hydrogen-bond acceptors (Lipinski definition) is 4. The van der Waals surface area contributed by atoms with Gasteiger partial charge >= 0.3 is 0 Å². The maximum atomic E-state index is 13.6. The summed E-state index contributed by atoms with van der Waals surface area (Å²) in [6.45, 7) is 1.03. The van der Waals surface area contributed by atoms with E-state index in [4.69, 9.17) is 15.2 Å². The van der Waals surface area contributed by atoms with Crippen LogP contribution in [0.15, 0.2) is 46.2 Å². The van der Waals surface area contributed by atoms with E-state index < -0.39 is 0 Å². The van der Waals surface area contributed by atoms with Crippen molar-refractivity contribution in [3.05, 3.63) is 42.2 Å². The third kappa shape index (κ3) is 2.46. The minimum absolute atomic E-state index is 0.262. The summed E-state index contributed by atoms with van der Waals surface area (Å²) in [5.74, 6) is 1.03. The molecular formula is C14H12FNO2S. The monoisotopic (exact) mass is 277 g/mol. The molecule has 0 unspecified atom stereocenters. The molecule has 3 nitrogen and oxygen atoms in total. The fourth-order valence-electron chi connectivity index (χ4n) is 1.82. The first kappa shape index (κ1) is 12.2. The molecule has 0 spiro atoms. The van der Waals surface area contributed by atoms with Crippen molar-refractivity contribution >= 4 is 17.4 Å². The van der Waals surface area contributed by atoms with Gasteiger partial charge in [0.15, 0.2) is 11.5 Å². The molecule has 0 aliphatic carbocycles. The standard InChI is InChI=1S/C14H12FNO2S/c15-9-3-1-2-4-13(9)19-14-8-12-11(7-10(14)16)17-5-6-18-12/h1-4,7-8H,5-6,16H2. The normalized spacial score (nSPS) is 13.3. The molecule has 1 heterocycles. The highest BCUT2D eigenvalue weighted by atomic mass is 32.2. The van der Waals surface area contributed by atoms with E-state index in [0.29, 0.717) is 35.3 Å². The van der Waals surface area contributed by atoms with Crippen molar-refractivity contribution in [1.29, 1.82) is 0 Å². The lowest BCUT2D eigenvalue weighted by Crippen LogP contribution is -2.15. The Balaban J connectivity index is 1.95. The molecule has 2 N–H and O–H groups in total. The number of hydrogen-bond donors (Lipinski definition) is 1. The molecule has 0 aromatic heterocycles. The van der Waals surface area contributed by atoms with Crippen LogP contribution in [0.1, 0.15) is 0 Å². The first-order valence-corrected chi connectivity index (χ1v) is 6.67. The number of benzene rings is 2. The molecule has 2 aromatic rings. The van der Waals surface area contributed by atoms with E-state index in [2.05, 4.69) is 0 Å². The van der Waals surface area contributed by atoms with Crippen molar-refractivity contribution in [3.8, 4) is 11.5 Å². The van der Waals surface area contributed by atoms with Crippen LogP contribution < -0.4 is 15.2 Å². The Morgan fingerprint density at radius 2 is 1.68 bits per heavy atom. The van der Waals surface area contributed by atoms with Crippen molar-refractivity contribution in [2.75, 3.05) is 18.9 Å². The average molecular weight is 277 g/mol. The number of nitrogens with two attached hydrogens (primary N) is 1. The van der Waals surface area contributed by atoms with Crippen molar-refractivity contribution in [2.24, 2.45) is 0 Å². The Hall–Kier alpha value is -1.88. The molecule has 0 saturated carbocycles. The van der Waals surface area contributed by atoms with E-state index in [1.807, 2.05) is 0 Å². The summed E-state index contributed by atoms with van der Waals surface area (Å²) in [7, 11) is 0. The summed E-state index contributed by atoms with van der Waals surface area (Å²) >= 11 is 1.28. The number of fused-ring (bicyclic) bond motifs is 1. The van der Waals surface area contributed by atoms with Gasteiger partial charge in [-0.2, -0.15) is 0 Å². The van der Waals surface area contributed by atoms with Crippen molar-refractivity contribution in [1.82, 2.24) is 0 Å². The summed E-state index contributed by atoms with van der Waals surface area (Å²) < 4.78 is 24.6. The molecule has 0 amide bonds. The number of halogens is 1. The molecule has 0 radical (unpaired) electrons. The SMILES string of the molecule is Nc1cc2c(cc1Sc1ccccc1F)OCCO2. The van der Waals surface area contributed by atoms with Crippen LogP contribution in [0.4, 0.5) is 10.1 Å². The first-order chi connectivity index (χ1) is 9.24. The number of rotatable bonds is 2. The summed E-state index contributed by atoms with van der Waals surface area (Å²) in [5.41, 5.74) is 6.52. The minimum Gasteiger partial charge on any atom is -0.486 e. The molecular weight excluding hydrogens is 265 g/mol. The number of nitrogen functional groups attached to an aromatic ring is 1. The molecule has 0 saturated heterocycles.